The first-order chi connectivity index (χ1) is 13.7. The Hall–Kier alpha value is -2.95. The zero-order valence-corrected chi connectivity index (χ0v) is 17.1. The maximum Gasteiger partial charge on any atom is 0.261 e. The number of carbonyl (C=O) groups excluding carboxylic acids is 2. The average Bonchev–Trinajstić information content (AvgIpc) is 3.09. The maximum absolute atomic E-state index is 12.5. The number of rotatable bonds is 7. The molecule has 0 atom stereocenters. The third-order valence-electron chi connectivity index (χ3n) is 3.65. The zero-order valence-electron chi connectivity index (χ0n) is 14.8. The number of sulfonamides is 1. The average molecular weight is 451 g/mol. The summed E-state index contributed by atoms with van der Waals surface area (Å²) in [6.07, 6.45) is -0.0143. The first-order valence-electron chi connectivity index (χ1n) is 8.15. The van der Waals surface area contributed by atoms with Crippen molar-refractivity contribution in [3.05, 3.63) is 70.2 Å². The molecule has 29 heavy (non-hydrogen) atoms. The van der Waals surface area contributed by atoms with Crippen LogP contribution in [0.5, 0.6) is 0 Å². The number of primary amides is 1. The SMILES string of the molecule is NC(=O)Cc1csc(NC(=O)c2ccc(S(=O)(=O)Nc3ccc(Cl)cc3)cc2)n1. The van der Waals surface area contributed by atoms with Crippen LogP contribution in [0, 0.1) is 0 Å². The van der Waals surface area contributed by atoms with Crippen LogP contribution >= 0.6 is 22.9 Å². The van der Waals surface area contributed by atoms with Crippen LogP contribution in [0.3, 0.4) is 0 Å². The molecule has 0 fully saturated rings. The topological polar surface area (TPSA) is 131 Å². The summed E-state index contributed by atoms with van der Waals surface area (Å²) in [7, 11) is -3.81. The van der Waals surface area contributed by atoms with Crippen LogP contribution in [0.2, 0.25) is 5.02 Å². The first kappa shape index (κ1) is 20.8. The second-order valence-electron chi connectivity index (χ2n) is 5.88. The molecule has 0 aliphatic carbocycles. The van der Waals surface area contributed by atoms with Crippen molar-refractivity contribution in [2.75, 3.05) is 10.0 Å². The fourth-order valence-corrected chi connectivity index (χ4v) is 4.20. The highest BCUT2D eigenvalue weighted by molar-refractivity contribution is 7.92. The number of nitrogens with zero attached hydrogens (tertiary/aromatic N) is 1. The molecule has 1 aromatic heterocycles. The molecule has 4 N–H and O–H groups in total. The van der Waals surface area contributed by atoms with Gasteiger partial charge < -0.3 is 5.73 Å². The van der Waals surface area contributed by atoms with Gasteiger partial charge in [-0.05, 0) is 48.5 Å². The molecule has 0 saturated heterocycles. The van der Waals surface area contributed by atoms with Crippen molar-refractivity contribution in [1.29, 1.82) is 0 Å². The lowest BCUT2D eigenvalue weighted by atomic mass is 10.2. The number of thiazole rings is 1. The number of anilines is 2. The standard InChI is InChI=1S/C18H15ClN4O4S2/c19-12-3-5-13(6-4-12)23-29(26,27)15-7-1-11(2-8-15)17(25)22-18-21-14(10-28-18)9-16(20)24/h1-8,10,23H,9H2,(H2,20,24)(H,21,22,25). The van der Waals surface area contributed by atoms with Crippen LogP contribution in [0.25, 0.3) is 0 Å². The molecule has 1 heterocycles. The molecule has 0 spiro atoms. The van der Waals surface area contributed by atoms with Gasteiger partial charge in [0.25, 0.3) is 15.9 Å². The smallest absolute Gasteiger partial charge is 0.261 e. The summed E-state index contributed by atoms with van der Waals surface area (Å²) in [5.74, 6) is -0.975. The normalized spacial score (nSPS) is 11.1. The van der Waals surface area contributed by atoms with E-state index >= 15 is 0 Å². The molecule has 0 radical (unpaired) electrons. The van der Waals surface area contributed by atoms with E-state index in [1.807, 2.05) is 0 Å². The van der Waals surface area contributed by atoms with E-state index in [0.29, 0.717) is 21.5 Å². The van der Waals surface area contributed by atoms with E-state index in [-0.39, 0.29) is 16.9 Å². The second kappa shape index (κ2) is 8.60. The monoisotopic (exact) mass is 450 g/mol. The third-order valence-corrected chi connectivity index (χ3v) is 6.11. The number of halogens is 1. The molecule has 0 bridgehead atoms. The summed E-state index contributed by atoms with van der Waals surface area (Å²) in [6, 6.07) is 11.7. The van der Waals surface area contributed by atoms with E-state index in [1.165, 1.54) is 24.3 Å². The Balaban J connectivity index is 1.68. The molecule has 0 unspecified atom stereocenters. The molecule has 0 saturated carbocycles. The summed E-state index contributed by atoms with van der Waals surface area (Å²) >= 11 is 6.95. The predicted octanol–water partition coefficient (Wildman–Crippen LogP) is 2.88. The van der Waals surface area contributed by atoms with Crippen LogP contribution in [-0.4, -0.2) is 25.2 Å². The van der Waals surface area contributed by atoms with Gasteiger partial charge >= 0.3 is 0 Å². The van der Waals surface area contributed by atoms with E-state index in [4.69, 9.17) is 17.3 Å². The summed E-state index contributed by atoms with van der Waals surface area (Å²) in [5.41, 5.74) is 6.19. The second-order valence-corrected chi connectivity index (χ2v) is 8.85. The van der Waals surface area contributed by atoms with E-state index in [2.05, 4.69) is 15.0 Å². The fraction of sp³-hybridized carbons (Fsp3) is 0.0556. The maximum atomic E-state index is 12.5. The van der Waals surface area contributed by atoms with Gasteiger partial charge in [-0.3, -0.25) is 19.6 Å². The number of nitrogens with two attached hydrogens (primary N) is 1. The van der Waals surface area contributed by atoms with Crippen LogP contribution in [0.15, 0.2) is 58.8 Å². The molecular formula is C18H15ClN4O4S2. The molecule has 11 heteroatoms. The Morgan fingerprint density at radius 1 is 1.07 bits per heavy atom. The highest BCUT2D eigenvalue weighted by atomic mass is 35.5. The van der Waals surface area contributed by atoms with Crippen molar-refractivity contribution < 1.29 is 18.0 Å². The van der Waals surface area contributed by atoms with Gasteiger partial charge in [0.15, 0.2) is 5.13 Å². The predicted molar refractivity (Wildman–Crippen MR) is 112 cm³/mol. The Bertz CT molecular complexity index is 1140. The number of hydrogen-bond acceptors (Lipinski definition) is 6. The van der Waals surface area contributed by atoms with Gasteiger partial charge in [-0.2, -0.15) is 0 Å². The first-order valence-corrected chi connectivity index (χ1v) is 10.9. The molecule has 0 aliphatic heterocycles. The van der Waals surface area contributed by atoms with Gasteiger partial charge in [0, 0.05) is 21.7 Å². The molecule has 3 aromatic rings. The minimum Gasteiger partial charge on any atom is -0.369 e. The van der Waals surface area contributed by atoms with E-state index in [1.54, 1.807) is 29.6 Å². The van der Waals surface area contributed by atoms with Crippen LogP contribution in [0.4, 0.5) is 10.8 Å². The van der Waals surface area contributed by atoms with Crippen molar-refractivity contribution in [2.24, 2.45) is 5.73 Å². The van der Waals surface area contributed by atoms with Gasteiger partial charge in [-0.1, -0.05) is 11.6 Å². The Labute approximate surface area is 175 Å². The fourth-order valence-electron chi connectivity index (χ4n) is 2.31. The number of benzene rings is 2. The van der Waals surface area contributed by atoms with Gasteiger partial charge in [0.2, 0.25) is 5.91 Å². The minimum atomic E-state index is -3.81. The lowest BCUT2D eigenvalue weighted by Crippen LogP contribution is -2.15. The Morgan fingerprint density at radius 2 is 1.72 bits per heavy atom. The van der Waals surface area contributed by atoms with Crippen molar-refractivity contribution in [3.63, 3.8) is 0 Å². The summed E-state index contributed by atoms with van der Waals surface area (Å²) in [4.78, 5) is 27.3. The molecule has 150 valence electrons. The number of nitrogens with one attached hydrogen (secondary N) is 2. The summed E-state index contributed by atoms with van der Waals surface area (Å²) in [6.45, 7) is 0. The molecule has 2 aromatic carbocycles. The van der Waals surface area contributed by atoms with Crippen LogP contribution in [-0.2, 0) is 21.2 Å². The summed E-state index contributed by atoms with van der Waals surface area (Å²) < 4.78 is 27.4. The molecular weight excluding hydrogens is 436 g/mol. The van der Waals surface area contributed by atoms with Crippen LogP contribution < -0.4 is 15.8 Å². The van der Waals surface area contributed by atoms with Crippen LogP contribution in [0.1, 0.15) is 16.1 Å². The van der Waals surface area contributed by atoms with Crippen molar-refractivity contribution >= 4 is 55.6 Å². The highest BCUT2D eigenvalue weighted by Gasteiger charge is 2.16. The molecule has 8 nitrogen and oxygen atoms in total. The Morgan fingerprint density at radius 3 is 2.34 bits per heavy atom. The lowest BCUT2D eigenvalue weighted by molar-refractivity contribution is -0.117. The molecule has 3 rings (SSSR count). The largest absolute Gasteiger partial charge is 0.369 e. The van der Waals surface area contributed by atoms with Gasteiger partial charge in [0.1, 0.15) is 0 Å². The lowest BCUT2D eigenvalue weighted by Gasteiger charge is -2.09. The van der Waals surface area contributed by atoms with Gasteiger partial charge in [-0.25, -0.2) is 13.4 Å². The number of aromatic nitrogens is 1. The minimum absolute atomic E-state index is 0.00185. The van der Waals surface area contributed by atoms with Gasteiger partial charge in [-0.15, -0.1) is 11.3 Å². The Kier molecular flexibility index (Phi) is 6.16. The third kappa shape index (κ3) is 5.53. The summed E-state index contributed by atoms with van der Waals surface area (Å²) in [5, 5.41) is 5.02. The molecule has 2 amide bonds. The van der Waals surface area contributed by atoms with Gasteiger partial charge in [0.05, 0.1) is 17.0 Å². The van der Waals surface area contributed by atoms with Crippen molar-refractivity contribution in [3.8, 4) is 0 Å². The number of hydrogen-bond donors (Lipinski definition) is 3. The van der Waals surface area contributed by atoms with Crippen molar-refractivity contribution in [1.82, 2.24) is 4.98 Å². The number of carbonyl (C=O) groups is 2. The van der Waals surface area contributed by atoms with Crippen molar-refractivity contribution in [2.45, 2.75) is 11.3 Å². The van der Waals surface area contributed by atoms with E-state index in [9.17, 15) is 18.0 Å². The quantitative estimate of drug-likeness (QED) is 0.509. The zero-order chi connectivity index (χ0) is 21.0. The van der Waals surface area contributed by atoms with E-state index < -0.39 is 21.8 Å². The highest BCUT2D eigenvalue weighted by Crippen LogP contribution is 2.20. The van der Waals surface area contributed by atoms with E-state index in [0.717, 1.165) is 11.3 Å². The number of amides is 2. The molecule has 0 aliphatic rings.